The molecular weight excluding hydrogens is 482 g/mol. The number of nitrogens with zero attached hydrogens (tertiary/aromatic N) is 1. The van der Waals surface area contributed by atoms with Crippen LogP contribution in [0, 0.1) is 0 Å². The van der Waals surface area contributed by atoms with Crippen molar-refractivity contribution in [3.63, 3.8) is 0 Å². The molecular formula is C31H42ClN3O2. The van der Waals surface area contributed by atoms with Crippen LogP contribution in [0.15, 0.2) is 42.5 Å². The predicted molar refractivity (Wildman–Crippen MR) is 155 cm³/mol. The van der Waals surface area contributed by atoms with Crippen LogP contribution >= 0.6 is 11.6 Å². The third-order valence-corrected chi connectivity index (χ3v) is 7.77. The Labute approximate surface area is 226 Å². The van der Waals surface area contributed by atoms with E-state index in [1.54, 1.807) is 0 Å². The molecule has 2 aromatic carbocycles. The van der Waals surface area contributed by atoms with Crippen LogP contribution in [0.4, 0.5) is 5.69 Å². The number of H-pyrrole nitrogens is 1. The average Bonchev–Trinajstić information content (AvgIpc) is 3.28. The summed E-state index contributed by atoms with van der Waals surface area (Å²) in [7, 11) is 0. The Bertz CT molecular complexity index is 1120. The molecule has 1 aliphatic rings. The highest BCUT2D eigenvalue weighted by atomic mass is 35.5. The largest absolute Gasteiger partial charge is 0.396 e. The number of aliphatic hydroxyl groups is 1. The molecule has 200 valence electrons. The normalized spacial score (nSPS) is 13.8. The zero-order valence-corrected chi connectivity index (χ0v) is 22.8. The highest BCUT2D eigenvalue weighted by molar-refractivity contribution is 6.31. The molecule has 1 amide bonds. The summed E-state index contributed by atoms with van der Waals surface area (Å²) in [6, 6.07) is 14.6. The Morgan fingerprint density at radius 2 is 1.59 bits per heavy atom. The minimum absolute atomic E-state index is 0.0451. The summed E-state index contributed by atoms with van der Waals surface area (Å²) in [5.41, 5.74) is 5.24. The summed E-state index contributed by atoms with van der Waals surface area (Å²) in [4.78, 5) is 19.0. The third-order valence-electron chi connectivity index (χ3n) is 7.54. The molecule has 1 saturated heterocycles. The van der Waals surface area contributed by atoms with Gasteiger partial charge in [-0.05, 0) is 86.4 Å². The number of rotatable bonds is 14. The second-order valence-corrected chi connectivity index (χ2v) is 10.8. The molecule has 4 rings (SSSR count). The molecule has 1 aromatic heterocycles. The molecule has 0 radical (unpaired) electrons. The molecule has 1 fully saturated rings. The Hall–Kier alpha value is -2.50. The van der Waals surface area contributed by atoms with E-state index in [4.69, 9.17) is 16.7 Å². The molecule has 37 heavy (non-hydrogen) atoms. The summed E-state index contributed by atoms with van der Waals surface area (Å²) < 4.78 is 0. The number of benzene rings is 2. The first-order chi connectivity index (χ1) is 18.2. The minimum atomic E-state index is -0.0451. The number of carbonyl (C=O) groups excluding carboxylic acids is 1. The minimum Gasteiger partial charge on any atom is -0.396 e. The summed E-state index contributed by atoms with van der Waals surface area (Å²) in [6.45, 7) is 3.19. The number of fused-ring (bicyclic) bond motifs is 1. The Balaban J connectivity index is 1.31. The summed E-state index contributed by atoms with van der Waals surface area (Å²) in [6.07, 6.45) is 13.3. The third kappa shape index (κ3) is 7.99. The van der Waals surface area contributed by atoms with Crippen LogP contribution < -0.4 is 10.2 Å². The molecule has 5 nitrogen and oxygen atoms in total. The van der Waals surface area contributed by atoms with Crippen molar-refractivity contribution in [2.75, 3.05) is 31.1 Å². The van der Waals surface area contributed by atoms with Gasteiger partial charge in [0.05, 0.1) is 0 Å². The lowest BCUT2D eigenvalue weighted by Gasteiger charge is -2.28. The van der Waals surface area contributed by atoms with Gasteiger partial charge in [-0.25, -0.2) is 0 Å². The fourth-order valence-corrected chi connectivity index (χ4v) is 5.58. The van der Waals surface area contributed by atoms with Crippen molar-refractivity contribution in [3.8, 4) is 0 Å². The quantitative estimate of drug-likeness (QED) is 0.198. The monoisotopic (exact) mass is 523 g/mol. The molecule has 0 unspecified atom stereocenters. The van der Waals surface area contributed by atoms with Crippen LogP contribution in [-0.2, 0) is 12.8 Å². The fraction of sp³-hybridized carbons (Fsp3) is 0.516. The molecule has 0 aliphatic carbocycles. The number of halogens is 1. The van der Waals surface area contributed by atoms with E-state index in [-0.39, 0.29) is 5.91 Å². The van der Waals surface area contributed by atoms with Crippen molar-refractivity contribution >= 4 is 34.1 Å². The number of amides is 1. The van der Waals surface area contributed by atoms with Gasteiger partial charge in [-0.3, -0.25) is 4.79 Å². The van der Waals surface area contributed by atoms with E-state index in [0.717, 1.165) is 68.1 Å². The second kappa shape index (κ2) is 14.4. The average molecular weight is 524 g/mol. The molecule has 0 spiro atoms. The smallest absolute Gasteiger partial charge is 0.268 e. The lowest BCUT2D eigenvalue weighted by Crippen LogP contribution is -2.29. The lowest BCUT2D eigenvalue weighted by molar-refractivity contribution is 0.0949. The van der Waals surface area contributed by atoms with Crippen LogP contribution in [0.3, 0.4) is 0 Å². The number of aromatic amines is 1. The van der Waals surface area contributed by atoms with Crippen molar-refractivity contribution in [1.29, 1.82) is 0 Å². The van der Waals surface area contributed by atoms with Crippen molar-refractivity contribution in [1.82, 2.24) is 10.3 Å². The standard InChI is InChI=1S/C31H42ClN3O2/c32-25-14-17-29-28(23-25)27(11-7-4-2-1-3-5-10-22-36)30(34-29)31(37)33-19-18-24-12-15-26(16-13-24)35-20-8-6-9-21-35/h12-17,23,34,36H,1-11,18-22H2,(H,33,37). The number of aryl methyl sites for hydroxylation is 1. The van der Waals surface area contributed by atoms with Gasteiger partial charge < -0.3 is 20.3 Å². The number of piperidine rings is 1. The molecule has 6 heteroatoms. The molecule has 1 aliphatic heterocycles. The maximum Gasteiger partial charge on any atom is 0.268 e. The van der Waals surface area contributed by atoms with Gasteiger partial charge >= 0.3 is 0 Å². The molecule has 0 saturated carbocycles. The van der Waals surface area contributed by atoms with E-state index in [1.807, 2.05) is 18.2 Å². The Morgan fingerprint density at radius 1 is 0.892 bits per heavy atom. The van der Waals surface area contributed by atoms with E-state index >= 15 is 0 Å². The zero-order valence-electron chi connectivity index (χ0n) is 22.0. The first-order valence-electron chi connectivity index (χ1n) is 14.2. The molecule has 0 atom stereocenters. The van der Waals surface area contributed by atoms with Gasteiger partial charge in [0, 0.05) is 47.9 Å². The van der Waals surface area contributed by atoms with Gasteiger partial charge in [0.15, 0.2) is 0 Å². The van der Waals surface area contributed by atoms with Gasteiger partial charge in [-0.2, -0.15) is 0 Å². The number of hydrogen-bond donors (Lipinski definition) is 3. The van der Waals surface area contributed by atoms with Gasteiger partial charge in [0.2, 0.25) is 0 Å². The van der Waals surface area contributed by atoms with Crippen molar-refractivity contribution in [2.45, 2.75) is 77.0 Å². The van der Waals surface area contributed by atoms with E-state index in [0.29, 0.717) is 23.9 Å². The van der Waals surface area contributed by atoms with Gasteiger partial charge in [-0.1, -0.05) is 55.8 Å². The van der Waals surface area contributed by atoms with Crippen LogP contribution in [-0.4, -0.2) is 42.2 Å². The molecule has 3 aromatic rings. The first-order valence-corrected chi connectivity index (χ1v) is 14.6. The van der Waals surface area contributed by atoms with E-state index in [1.165, 1.54) is 49.8 Å². The number of aliphatic hydroxyl groups excluding tert-OH is 1. The fourth-order valence-electron chi connectivity index (χ4n) is 5.41. The SMILES string of the molecule is O=C(NCCc1ccc(N2CCCCC2)cc1)c1[nH]c2ccc(Cl)cc2c1CCCCCCCCCO. The van der Waals surface area contributed by atoms with Gasteiger partial charge in [-0.15, -0.1) is 0 Å². The number of unbranched alkanes of at least 4 members (excludes halogenated alkanes) is 6. The highest BCUT2D eigenvalue weighted by Crippen LogP contribution is 2.28. The lowest BCUT2D eigenvalue weighted by atomic mass is 10.0. The maximum absolute atomic E-state index is 13.2. The van der Waals surface area contributed by atoms with Crippen LogP contribution in [0.2, 0.25) is 5.02 Å². The topological polar surface area (TPSA) is 68.4 Å². The van der Waals surface area contributed by atoms with E-state index in [9.17, 15) is 4.79 Å². The van der Waals surface area contributed by atoms with Crippen molar-refractivity contribution < 1.29 is 9.90 Å². The number of aromatic nitrogens is 1. The number of nitrogens with one attached hydrogen (secondary N) is 2. The van der Waals surface area contributed by atoms with Gasteiger partial charge in [0.1, 0.15) is 5.69 Å². The molecule has 2 heterocycles. The van der Waals surface area contributed by atoms with Crippen LogP contribution in [0.5, 0.6) is 0 Å². The van der Waals surface area contributed by atoms with E-state index in [2.05, 4.69) is 39.5 Å². The summed E-state index contributed by atoms with van der Waals surface area (Å²) in [5.74, 6) is -0.0451. The van der Waals surface area contributed by atoms with Crippen molar-refractivity contribution in [3.05, 3.63) is 64.3 Å². The van der Waals surface area contributed by atoms with Crippen LogP contribution in [0.1, 0.15) is 85.8 Å². The van der Waals surface area contributed by atoms with Crippen molar-refractivity contribution in [2.24, 2.45) is 0 Å². The maximum atomic E-state index is 13.2. The second-order valence-electron chi connectivity index (χ2n) is 10.3. The molecule has 3 N–H and O–H groups in total. The highest BCUT2D eigenvalue weighted by Gasteiger charge is 2.18. The first kappa shape index (κ1) is 27.5. The van der Waals surface area contributed by atoms with Gasteiger partial charge in [0.25, 0.3) is 5.91 Å². The predicted octanol–water partition coefficient (Wildman–Crippen LogP) is 7.05. The number of hydrogen-bond acceptors (Lipinski definition) is 3. The zero-order chi connectivity index (χ0) is 25.9. The van der Waals surface area contributed by atoms with Crippen LogP contribution in [0.25, 0.3) is 10.9 Å². The summed E-state index contributed by atoms with van der Waals surface area (Å²) >= 11 is 6.30. The number of anilines is 1. The Kier molecular flexibility index (Phi) is 10.7. The Morgan fingerprint density at radius 3 is 2.32 bits per heavy atom. The molecule has 0 bridgehead atoms. The summed E-state index contributed by atoms with van der Waals surface area (Å²) in [5, 5.41) is 13.8. The number of carbonyl (C=O) groups is 1. The van der Waals surface area contributed by atoms with E-state index < -0.39 is 0 Å².